The molecule has 0 radical (unpaired) electrons. The molecule has 1 amide bonds. The van der Waals surface area contributed by atoms with E-state index in [0.717, 1.165) is 6.42 Å². The lowest BCUT2D eigenvalue weighted by Gasteiger charge is -2.38. The molecule has 0 bridgehead atoms. The molecule has 1 heterocycles. The van der Waals surface area contributed by atoms with Gasteiger partial charge in [0.25, 0.3) is 0 Å². The van der Waals surface area contributed by atoms with Crippen molar-refractivity contribution in [2.24, 2.45) is 11.1 Å². The van der Waals surface area contributed by atoms with E-state index in [1.165, 1.54) is 0 Å². The average molecular weight is 272 g/mol. The topological polar surface area (TPSA) is 81.9 Å². The van der Waals surface area contributed by atoms with Gasteiger partial charge in [0, 0.05) is 13.1 Å². The lowest BCUT2D eigenvalue weighted by Crippen LogP contribution is -2.50. The summed E-state index contributed by atoms with van der Waals surface area (Å²) in [6, 6.07) is 0. The van der Waals surface area contributed by atoms with Gasteiger partial charge in [-0.2, -0.15) is 0 Å². The molecule has 1 rings (SSSR count). The van der Waals surface area contributed by atoms with Crippen LogP contribution < -0.4 is 5.73 Å². The number of ether oxygens (including phenoxy) is 2. The van der Waals surface area contributed by atoms with Crippen LogP contribution in [-0.2, 0) is 14.3 Å². The number of hydrogen-bond donors (Lipinski definition) is 1. The van der Waals surface area contributed by atoms with Crippen molar-refractivity contribution in [1.29, 1.82) is 0 Å². The third kappa shape index (κ3) is 4.38. The summed E-state index contributed by atoms with van der Waals surface area (Å²) in [5.74, 6) is -0.358. The van der Waals surface area contributed by atoms with Crippen LogP contribution in [0, 0.1) is 5.41 Å². The van der Waals surface area contributed by atoms with Crippen LogP contribution in [0.25, 0.3) is 0 Å². The third-order valence-corrected chi connectivity index (χ3v) is 3.06. The van der Waals surface area contributed by atoms with E-state index >= 15 is 0 Å². The van der Waals surface area contributed by atoms with E-state index in [1.807, 2.05) is 20.8 Å². The molecule has 1 unspecified atom stereocenters. The van der Waals surface area contributed by atoms with Crippen molar-refractivity contribution in [2.45, 2.75) is 46.1 Å². The standard InChI is InChI=1S/C13H24N2O4/c1-12(2,3)19-11(17)15-7-5-6-13(4,8-15)10(16)18-9-14/h5-9,14H2,1-4H3. The first-order chi connectivity index (χ1) is 8.68. The molecule has 1 aliphatic heterocycles. The zero-order chi connectivity index (χ0) is 14.7. The highest BCUT2D eigenvalue weighted by Crippen LogP contribution is 2.31. The van der Waals surface area contributed by atoms with Gasteiger partial charge in [0.15, 0.2) is 0 Å². The van der Waals surface area contributed by atoms with Gasteiger partial charge >= 0.3 is 12.1 Å². The van der Waals surface area contributed by atoms with Gasteiger partial charge in [0.2, 0.25) is 0 Å². The first kappa shape index (κ1) is 15.8. The fraction of sp³-hybridized carbons (Fsp3) is 0.846. The molecule has 0 aliphatic carbocycles. The van der Waals surface area contributed by atoms with Crippen molar-refractivity contribution in [3.8, 4) is 0 Å². The average Bonchev–Trinajstić information content (AvgIpc) is 2.27. The first-order valence-corrected chi connectivity index (χ1v) is 6.53. The van der Waals surface area contributed by atoms with Crippen LogP contribution in [0.2, 0.25) is 0 Å². The molecule has 6 heteroatoms. The quantitative estimate of drug-likeness (QED) is 0.608. The van der Waals surface area contributed by atoms with Crippen molar-refractivity contribution >= 4 is 12.1 Å². The van der Waals surface area contributed by atoms with Crippen LogP contribution in [0.3, 0.4) is 0 Å². The molecule has 1 aliphatic rings. The summed E-state index contributed by atoms with van der Waals surface area (Å²) in [6.45, 7) is 8.01. The normalized spacial score (nSPS) is 23.9. The van der Waals surface area contributed by atoms with Gasteiger partial charge in [-0.15, -0.1) is 0 Å². The fourth-order valence-corrected chi connectivity index (χ4v) is 2.14. The van der Waals surface area contributed by atoms with Gasteiger partial charge in [-0.25, -0.2) is 4.79 Å². The maximum absolute atomic E-state index is 12.0. The number of esters is 1. The van der Waals surface area contributed by atoms with Crippen molar-refractivity contribution in [1.82, 2.24) is 4.90 Å². The number of nitrogens with zero attached hydrogens (tertiary/aromatic N) is 1. The first-order valence-electron chi connectivity index (χ1n) is 6.53. The van der Waals surface area contributed by atoms with Crippen molar-refractivity contribution < 1.29 is 19.1 Å². The Morgan fingerprint density at radius 1 is 1.37 bits per heavy atom. The molecular formula is C13H24N2O4. The zero-order valence-corrected chi connectivity index (χ0v) is 12.2. The minimum Gasteiger partial charge on any atom is -0.450 e. The summed E-state index contributed by atoms with van der Waals surface area (Å²) in [7, 11) is 0. The van der Waals surface area contributed by atoms with Crippen LogP contribution in [-0.4, -0.2) is 42.4 Å². The van der Waals surface area contributed by atoms with Crippen molar-refractivity contribution in [3.05, 3.63) is 0 Å². The van der Waals surface area contributed by atoms with E-state index in [-0.39, 0.29) is 18.8 Å². The second-order valence-electron chi connectivity index (χ2n) is 6.16. The maximum atomic E-state index is 12.0. The van der Waals surface area contributed by atoms with E-state index in [1.54, 1.807) is 11.8 Å². The summed E-state index contributed by atoms with van der Waals surface area (Å²) >= 11 is 0. The Hall–Kier alpha value is -1.30. The molecule has 19 heavy (non-hydrogen) atoms. The molecule has 0 aromatic rings. The number of amides is 1. The van der Waals surface area contributed by atoms with E-state index < -0.39 is 11.0 Å². The number of carbonyl (C=O) groups excluding carboxylic acids is 2. The van der Waals surface area contributed by atoms with Gasteiger partial charge < -0.3 is 14.4 Å². The highest BCUT2D eigenvalue weighted by Gasteiger charge is 2.41. The van der Waals surface area contributed by atoms with Crippen LogP contribution in [0.1, 0.15) is 40.5 Å². The minimum absolute atomic E-state index is 0.138. The molecule has 110 valence electrons. The molecule has 6 nitrogen and oxygen atoms in total. The van der Waals surface area contributed by atoms with Crippen LogP contribution in [0.5, 0.6) is 0 Å². The van der Waals surface area contributed by atoms with Gasteiger partial charge in [-0.05, 0) is 40.5 Å². The number of likely N-dealkylation sites (tertiary alicyclic amines) is 1. The summed E-state index contributed by atoms with van der Waals surface area (Å²) < 4.78 is 10.2. The molecular weight excluding hydrogens is 248 g/mol. The van der Waals surface area contributed by atoms with Crippen molar-refractivity contribution in [3.63, 3.8) is 0 Å². The molecule has 0 saturated carbocycles. The third-order valence-electron chi connectivity index (χ3n) is 3.06. The zero-order valence-electron chi connectivity index (χ0n) is 12.2. The lowest BCUT2D eigenvalue weighted by molar-refractivity contribution is -0.157. The Morgan fingerprint density at radius 3 is 2.53 bits per heavy atom. The summed E-state index contributed by atoms with van der Waals surface area (Å²) in [5, 5.41) is 0. The predicted molar refractivity (Wildman–Crippen MR) is 70.3 cm³/mol. The Labute approximate surface area is 114 Å². The van der Waals surface area contributed by atoms with Crippen molar-refractivity contribution in [2.75, 3.05) is 19.8 Å². The second kappa shape index (κ2) is 5.77. The number of hydrogen-bond acceptors (Lipinski definition) is 5. The molecule has 1 atom stereocenters. The summed E-state index contributed by atoms with van der Waals surface area (Å²) in [6.07, 6.45) is 1.04. The van der Waals surface area contributed by atoms with Gasteiger partial charge in [-0.1, -0.05) is 0 Å². The molecule has 0 spiro atoms. The van der Waals surface area contributed by atoms with Crippen LogP contribution in [0.4, 0.5) is 4.79 Å². The second-order valence-corrected chi connectivity index (χ2v) is 6.16. The van der Waals surface area contributed by atoms with E-state index in [4.69, 9.17) is 15.2 Å². The monoisotopic (exact) mass is 272 g/mol. The SMILES string of the molecule is CC(C)(C)OC(=O)N1CCCC(C)(C(=O)OCN)C1. The predicted octanol–water partition coefficient (Wildman–Crippen LogP) is 1.48. The Balaban J connectivity index is 2.68. The maximum Gasteiger partial charge on any atom is 0.410 e. The number of carbonyl (C=O) groups is 2. The van der Waals surface area contributed by atoms with E-state index in [2.05, 4.69) is 0 Å². The number of piperidine rings is 1. The van der Waals surface area contributed by atoms with Crippen LogP contribution >= 0.6 is 0 Å². The Morgan fingerprint density at radius 2 is 2.00 bits per heavy atom. The van der Waals surface area contributed by atoms with Crippen LogP contribution in [0.15, 0.2) is 0 Å². The molecule has 2 N–H and O–H groups in total. The Kier molecular flexibility index (Phi) is 4.79. The van der Waals surface area contributed by atoms with Gasteiger partial charge in [-0.3, -0.25) is 10.5 Å². The van der Waals surface area contributed by atoms with Gasteiger partial charge in [0.05, 0.1) is 5.41 Å². The smallest absolute Gasteiger partial charge is 0.410 e. The molecule has 1 fully saturated rings. The largest absolute Gasteiger partial charge is 0.450 e. The molecule has 0 aromatic carbocycles. The Bertz CT molecular complexity index is 351. The van der Waals surface area contributed by atoms with E-state index in [9.17, 15) is 9.59 Å². The number of rotatable bonds is 2. The molecule has 0 aromatic heterocycles. The minimum atomic E-state index is -0.700. The van der Waals surface area contributed by atoms with E-state index in [0.29, 0.717) is 19.5 Å². The highest BCUT2D eigenvalue weighted by molar-refractivity contribution is 5.78. The lowest BCUT2D eigenvalue weighted by atomic mass is 9.82. The highest BCUT2D eigenvalue weighted by atomic mass is 16.6. The van der Waals surface area contributed by atoms with Gasteiger partial charge in [0.1, 0.15) is 12.3 Å². The molecule has 1 saturated heterocycles. The fourth-order valence-electron chi connectivity index (χ4n) is 2.14. The summed E-state index contributed by atoms with van der Waals surface area (Å²) in [5.41, 5.74) is 3.99. The number of nitrogens with two attached hydrogens (primary N) is 1. The summed E-state index contributed by atoms with van der Waals surface area (Å²) in [4.78, 5) is 25.5.